The number of nitrogens with zero attached hydrogens (tertiary/aromatic N) is 3. The van der Waals surface area contributed by atoms with Crippen molar-refractivity contribution >= 4 is 17.4 Å². The number of thioether (sulfide) groups is 1. The number of hydrogen-bond acceptors (Lipinski definition) is 5. The third-order valence-electron chi connectivity index (χ3n) is 4.22. The van der Waals surface area contributed by atoms with Gasteiger partial charge in [-0.05, 0) is 18.2 Å². The molecule has 4 rings (SSSR count). The second-order valence-electron chi connectivity index (χ2n) is 5.88. The normalized spacial score (nSPS) is 10.9. The number of fused-ring (bicyclic) bond motifs is 1. The zero-order valence-electron chi connectivity index (χ0n) is 15.1. The molecule has 0 spiro atoms. The lowest BCUT2D eigenvalue weighted by Gasteiger charge is -2.08. The molecule has 27 heavy (non-hydrogen) atoms. The van der Waals surface area contributed by atoms with Gasteiger partial charge in [-0.1, -0.05) is 60.3 Å². The van der Waals surface area contributed by atoms with Gasteiger partial charge in [-0.15, -0.1) is 0 Å². The first-order valence-electron chi connectivity index (χ1n) is 8.54. The van der Waals surface area contributed by atoms with Crippen LogP contribution in [0.25, 0.3) is 16.9 Å². The molecule has 0 unspecified atom stereocenters. The highest BCUT2D eigenvalue weighted by molar-refractivity contribution is 7.98. The molecule has 2 aromatic heterocycles. The van der Waals surface area contributed by atoms with Crippen molar-refractivity contribution < 1.29 is 9.47 Å². The van der Waals surface area contributed by atoms with Gasteiger partial charge in [-0.25, -0.2) is 4.98 Å². The second kappa shape index (κ2) is 7.72. The number of methoxy groups -OCH3 is 2. The predicted octanol–water partition coefficient (Wildman–Crippen LogP) is 4.71. The fourth-order valence-electron chi connectivity index (χ4n) is 2.91. The van der Waals surface area contributed by atoms with Crippen LogP contribution in [-0.2, 0) is 5.75 Å². The highest BCUT2D eigenvalue weighted by Crippen LogP contribution is 2.32. The van der Waals surface area contributed by atoms with Gasteiger partial charge in [0.15, 0.2) is 5.65 Å². The number of ether oxygens (including phenoxy) is 2. The van der Waals surface area contributed by atoms with Gasteiger partial charge in [0, 0.05) is 16.9 Å². The van der Waals surface area contributed by atoms with E-state index in [0.29, 0.717) is 5.88 Å². The van der Waals surface area contributed by atoms with E-state index in [4.69, 9.17) is 14.6 Å². The summed E-state index contributed by atoms with van der Waals surface area (Å²) in [5.74, 6) is 2.29. The summed E-state index contributed by atoms with van der Waals surface area (Å²) in [6, 6.07) is 22.0. The number of para-hydroxylation sites is 1. The van der Waals surface area contributed by atoms with E-state index in [0.717, 1.165) is 39.0 Å². The standard InChI is InChI=1S/C21H19N3O2S/c1-25-17-11-7-6-10-16(17)14-27-19-13-12-18-22-20(15-8-4-3-5-9-15)21(26-2)24(18)23-19/h3-13H,14H2,1-2H3. The van der Waals surface area contributed by atoms with Crippen molar-refractivity contribution in [3.8, 4) is 22.9 Å². The molecule has 5 nitrogen and oxygen atoms in total. The first-order chi connectivity index (χ1) is 13.3. The zero-order valence-corrected chi connectivity index (χ0v) is 15.9. The number of hydrogen-bond donors (Lipinski definition) is 0. The Kier molecular flexibility index (Phi) is 4.98. The molecule has 0 N–H and O–H groups in total. The zero-order chi connectivity index (χ0) is 18.6. The molecule has 0 aliphatic rings. The van der Waals surface area contributed by atoms with Crippen molar-refractivity contribution in [2.75, 3.05) is 14.2 Å². The monoisotopic (exact) mass is 377 g/mol. The Labute approximate surface area is 162 Å². The molecular formula is C21H19N3O2S. The summed E-state index contributed by atoms with van der Waals surface area (Å²) in [6.45, 7) is 0. The molecule has 0 fully saturated rings. The van der Waals surface area contributed by atoms with Crippen LogP contribution >= 0.6 is 11.8 Å². The van der Waals surface area contributed by atoms with Crippen LogP contribution in [0, 0.1) is 0 Å². The Bertz CT molecular complexity index is 1060. The lowest BCUT2D eigenvalue weighted by Crippen LogP contribution is -1.97. The Morgan fingerprint density at radius 1 is 0.889 bits per heavy atom. The van der Waals surface area contributed by atoms with Crippen LogP contribution in [0.1, 0.15) is 5.56 Å². The molecule has 0 aliphatic heterocycles. The number of rotatable bonds is 6. The molecule has 136 valence electrons. The van der Waals surface area contributed by atoms with Gasteiger partial charge in [-0.3, -0.25) is 0 Å². The fourth-order valence-corrected chi connectivity index (χ4v) is 3.76. The predicted molar refractivity (Wildman–Crippen MR) is 108 cm³/mol. The minimum Gasteiger partial charge on any atom is -0.496 e. The van der Waals surface area contributed by atoms with E-state index in [9.17, 15) is 0 Å². The first kappa shape index (κ1) is 17.4. The number of aromatic nitrogens is 3. The van der Waals surface area contributed by atoms with Crippen LogP contribution in [0.15, 0.2) is 71.8 Å². The van der Waals surface area contributed by atoms with Gasteiger partial charge >= 0.3 is 0 Å². The highest BCUT2D eigenvalue weighted by Gasteiger charge is 2.16. The molecule has 2 aromatic carbocycles. The maximum absolute atomic E-state index is 5.62. The minimum atomic E-state index is 0.635. The topological polar surface area (TPSA) is 48.7 Å². The molecule has 0 aliphatic carbocycles. The van der Waals surface area contributed by atoms with Crippen molar-refractivity contribution in [3.05, 3.63) is 72.3 Å². The van der Waals surface area contributed by atoms with Gasteiger partial charge in [-0.2, -0.15) is 9.61 Å². The summed E-state index contributed by atoms with van der Waals surface area (Å²) in [5.41, 5.74) is 3.68. The summed E-state index contributed by atoms with van der Waals surface area (Å²) in [4.78, 5) is 4.69. The smallest absolute Gasteiger partial charge is 0.243 e. The average Bonchev–Trinajstić information content (AvgIpc) is 3.11. The summed E-state index contributed by atoms with van der Waals surface area (Å²) in [5, 5.41) is 5.61. The van der Waals surface area contributed by atoms with Gasteiger partial charge < -0.3 is 9.47 Å². The molecule has 0 saturated heterocycles. The number of imidazole rings is 1. The molecule has 4 aromatic rings. The Morgan fingerprint density at radius 2 is 1.67 bits per heavy atom. The highest BCUT2D eigenvalue weighted by atomic mass is 32.2. The second-order valence-corrected chi connectivity index (χ2v) is 6.87. The fraction of sp³-hybridized carbons (Fsp3) is 0.143. The van der Waals surface area contributed by atoms with Crippen LogP contribution in [0.2, 0.25) is 0 Å². The van der Waals surface area contributed by atoms with E-state index in [1.807, 2.05) is 60.7 Å². The lowest BCUT2D eigenvalue weighted by atomic mass is 10.2. The van der Waals surface area contributed by atoms with E-state index in [-0.39, 0.29) is 0 Å². The van der Waals surface area contributed by atoms with E-state index < -0.39 is 0 Å². The largest absolute Gasteiger partial charge is 0.496 e. The van der Waals surface area contributed by atoms with Gasteiger partial charge in [0.05, 0.1) is 14.2 Å². The van der Waals surface area contributed by atoms with Crippen molar-refractivity contribution in [3.63, 3.8) is 0 Å². The molecule has 2 heterocycles. The summed E-state index contributed by atoms with van der Waals surface area (Å²) < 4.78 is 12.8. The van der Waals surface area contributed by atoms with Crippen LogP contribution in [0.4, 0.5) is 0 Å². The molecule has 0 bridgehead atoms. The van der Waals surface area contributed by atoms with Crippen LogP contribution < -0.4 is 9.47 Å². The number of benzene rings is 2. The molecular weight excluding hydrogens is 358 g/mol. The van der Waals surface area contributed by atoms with Crippen molar-refractivity contribution in [2.45, 2.75) is 10.8 Å². The van der Waals surface area contributed by atoms with E-state index >= 15 is 0 Å². The summed E-state index contributed by atoms with van der Waals surface area (Å²) in [7, 11) is 3.33. The molecule has 0 saturated carbocycles. The Balaban J connectivity index is 1.66. The van der Waals surface area contributed by atoms with E-state index in [1.54, 1.807) is 30.5 Å². The van der Waals surface area contributed by atoms with Crippen molar-refractivity contribution in [1.29, 1.82) is 0 Å². The summed E-state index contributed by atoms with van der Waals surface area (Å²) in [6.07, 6.45) is 0. The Morgan fingerprint density at radius 3 is 2.44 bits per heavy atom. The summed E-state index contributed by atoms with van der Waals surface area (Å²) >= 11 is 1.65. The quantitative estimate of drug-likeness (QED) is 0.456. The first-order valence-corrected chi connectivity index (χ1v) is 9.52. The SMILES string of the molecule is COc1ccccc1CSc1ccc2nc(-c3ccccc3)c(OC)n2n1. The molecule has 0 radical (unpaired) electrons. The van der Waals surface area contributed by atoms with Gasteiger partial charge in [0.2, 0.25) is 5.88 Å². The Hall–Kier alpha value is -2.99. The van der Waals surface area contributed by atoms with Gasteiger partial charge in [0.25, 0.3) is 0 Å². The van der Waals surface area contributed by atoms with Crippen LogP contribution in [-0.4, -0.2) is 28.8 Å². The third-order valence-corrected chi connectivity index (χ3v) is 5.19. The third kappa shape index (κ3) is 3.48. The minimum absolute atomic E-state index is 0.635. The van der Waals surface area contributed by atoms with E-state index in [2.05, 4.69) is 11.1 Å². The van der Waals surface area contributed by atoms with Crippen molar-refractivity contribution in [2.24, 2.45) is 0 Å². The van der Waals surface area contributed by atoms with E-state index in [1.165, 1.54) is 0 Å². The molecule has 0 atom stereocenters. The van der Waals surface area contributed by atoms with Crippen molar-refractivity contribution in [1.82, 2.24) is 14.6 Å². The van der Waals surface area contributed by atoms with Gasteiger partial charge in [0.1, 0.15) is 16.5 Å². The average molecular weight is 377 g/mol. The maximum Gasteiger partial charge on any atom is 0.243 e. The lowest BCUT2D eigenvalue weighted by molar-refractivity contribution is 0.387. The van der Waals surface area contributed by atoms with Crippen LogP contribution in [0.5, 0.6) is 11.6 Å². The maximum atomic E-state index is 5.62. The molecule has 0 amide bonds. The van der Waals surface area contributed by atoms with Crippen LogP contribution in [0.3, 0.4) is 0 Å². The molecule has 6 heteroatoms.